The van der Waals surface area contributed by atoms with Gasteiger partial charge in [0.15, 0.2) is 5.16 Å². The molecule has 1 aromatic heterocycles. The Hall–Kier alpha value is -2.28. The molecular weight excluding hydrogens is 326 g/mol. The molecule has 1 saturated carbocycles. The molecule has 24 heavy (non-hydrogen) atoms. The molecule has 0 aliphatic heterocycles. The minimum Gasteiger partial charge on any atom is -0.497 e. The van der Waals surface area contributed by atoms with Crippen LogP contribution in [0.3, 0.4) is 0 Å². The molecule has 0 spiro atoms. The van der Waals surface area contributed by atoms with Crippen molar-refractivity contribution in [2.45, 2.75) is 36.2 Å². The number of H-pyrrole nitrogens is 1. The summed E-state index contributed by atoms with van der Waals surface area (Å²) in [5, 5.41) is 3.41. The van der Waals surface area contributed by atoms with E-state index in [4.69, 9.17) is 4.74 Å². The van der Waals surface area contributed by atoms with Crippen molar-refractivity contribution in [3.05, 3.63) is 51.9 Å². The Morgan fingerprint density at radius 1 is 1.42 bits per heavy atom. The van der Waals surface area contributed by atoms with Gasteiger partial charge in [-0.25, -0.2) is 4.98 Å². The van der Waals surface area contributed by atoms with Crippen LogP contribution in [0.1, 0.15) is 24.1 Å². The zero-order chi connectivity index (χ0) is 16.9. The highest BCUT2D eigenvalue weighted by atomic mass is 32.2. The molecule has 1 aliphatic carbocycles. The average Bonchev–Trinajstić information content (AvgIpc) is 3.36. The molecule has 1 aliphatic rings. The molecule has 1 fully saturated rings. The summed E-state index contributed by atoms with van der Waals surface area (Å²) in [7, 11) is 1.63. The van der Waals surface area contributed by atoms with Crippen molar-refractivity contribution < 1.29 is 9.53 Å². The third-order valence-corrected chi connectivity index (χ3v) is 4.51. The van der Waals surface area contributed by atoms with Gasteiger partial charge < -0.3 is 15.0 Å². The van der Waals surface area contributed by atoms with Gasteiger partial charge in [0.1, 0.15) is 5.75 Å². The van der Waals surface area contributed by atoms with Gasteiger partial charge in [-0.2, -0.15) is 0 Å². The van der Waals surface area contributed by atoms with Gasteiger partial charge in [-0.15, -0.1) is 0 Å². The first-order chi connectivity index (χ1) is 11.6. The standard InChI is InChI=1S/C17H19N3O3S/c1-23-14-4-2-3-11(7-14)10-24-17-19-13(9-16(22)20-17)8-15(21)18-12-5-6-12/h2-4,7,9,12H,5-6,8,10H2,1H3,(H,18,21)(H,19,20,22). The Balaban J connectivity index is 1.64. The van der Waals surface area contributed by atoms with Crippen LogP contribution in [0.25, 0.3) is 0 Å². The van der Waals surface area contributed by atoms with Gasteiger partial charge in [0.2, 0.25) is 5.91 Å². The SMILES string of the molecule is COc1cccc(CSc2nc(CC(=O)NC3CC3)cc(=O)[nH]2)c1. The highest BCUT2D eigenvalue weighted by Gasteiger charge is 2.23. The quantitative estimate of drug-likeness (QED) is 0.591. The van der Waals surface area contributed by atoms with Crippen molar-refractivity contribution >= 4 is 17.7 Å². The normalized spacial score (nSPS) is 13.5. The fraction of sp³-hybridized carbons (Fsp3) is 0.353. The van der Waals surface area contributed by atoms with E-state index in [1.165, 1.54) is 17.8 Å². The third-order valence-electron chi connectivity index (χ3n) is 3.57. The van der Waals surface area contributed by atoms with Crippen LogP contribution in [0, 0.1) is 0 Å². The first-order valence-electron chi connectivity index (χ1n) is 7.78. The Kier molecular flexibility index (Phi) is 5.20. The second-order valence-corrected chi connectivity index (χ2v) is 6.66. The largest absolute Gasteiger partial charge is 0.497 e. The highest BCUT2D eigenvalue weighted by Crippen LogP contribution is 2.22. The number of nitrogens with zero attached hydrogens (tertiary/aromatic N) is 1. The van der Waals surface area contributed by atoms with Crippen LogP contribution >= 0.6 is 11.8 Å². The number of amides is 1. The maximum absolute atomic E-state index is 11.9. The van der Waals surface area contributed by atoms with Gasteiger partial charge in [0.25, 0.3) is 5.56 Å². The first-order valence-corrected chi connectivity index (χ1v) is 8.76. The second kappa shape index (κ2) is 7.53. The lowest BCUT2D eigenvalue weighted by molar-refractivity contribution is -0.120. The molecule has 1 amide bonds. The number of thioether (sulfide) groups is 1. The monoisotopic (exact) mass is 345 g/mol. The summed E-state index contributed by atoms with van der Waals surface area (Å²) in [6.07, 6.45) is 2.21. The smallest absolute Gasteiger partial charge is 0.251 e. The Bertz CT molecular complexity index is 787. The van der Waals surface area contributed by atoms with Crippen molar-refractivity contribution in [3.63, 3.8) is 0 Å². The fourth-order valence-corrected chi connectivity index (χ4v) is 3.06. The van der Waals surface area contributed by atoms with Crippen molar-refractivity contribution in [2.24, 2.45) is 0 Å². The zero-order valence-corrected chi connectivity index (χ0v) is 14.2. The van der Waals surface area contributed by atoms with Crippen molar-refractivity contribution in [1.29, 1.82) is 0 Å². The first kappa shape index (κ1) is 16.6. The number of ether oxygens (including phenoxy) is 1. The number of hydrogen-bond acceptors (Lipinski definition) is 5. The summed E-state index contributed by atoms with van der Waals surface area (Å²) < 4.78 is 5.20. The van der Waals surface area contributed by atoms with Gasteiger partial charge in [-0.1, -0.05) is 23.9 Å². The molecule has 0 bridgehead atoms. The number of rotatable bonds is 7. The molecule has 0 radical (unpaired) electrons. The van der Waals surface area contributed by atoms with E-state index in [-0.39, 0.29) is 17.9 Å². The van der Waals surface area contributed by atoms with Gasteiger partial charge in [-0.05, 0) is 30.5 Å². The molecule has 0 unspecified atom stereocenters. The zero-order valence-electron chi connectivity index (χ0n) is 13.4. The number of benzene rings is 1. The van der Waals surface area contributed by atoms with E-state index in [1.54, 1.807) is 7.11 Å². The van der Waals surface area contributed by atoms with E-state index in [2.05, 4.69) is 15.3 Å². The van der Waals surface area contributed by atoms with Gasteiger partial charge >= 0.3 is 0 Å². The van der Waals surface area contributed by atoms with Crippen LogP contribution in [-0.4, -0.2) is 29.0 Å². The molecule has 0 atom stereocenters. The van der Waals surface area contributed by atoms with E-state index in [0.717, 1.165) is 24.2 Å². The molecule has 6 nitrogen and oxygen atoms in total. The Labute approximate surface area is 144 Å². The van der Waals surface area contributed by atoms with Crippen molar-refractivity contribution in [1.82, 2.24) is 15.3 Å². The number of carbonyl (C=O) groups excluding carboxylic acids is 1. The lowest BCUT2D eigenvalue weighted by atomic mass is 10.2. The minimum atomic E-state index is -0.243. The van der Waals surface area contributed by atoms with Crippen molar-refractivity contribution in [2.75, 3.05) is 7.11 Å². The van der Waals surface area contributed by atoms with Gasteiger partial charge in [-0.3, -0.25) is 9.59 Å². The van der Waals surface area contributed by atoms with Crippen molar-refractivity contribution in [3.8, 4) is 5.75 Å². The molecule has 2 N–H and O–H groups in total. The topological polar surface area (TPSA) is 84.1 Å². The van der Waals surface area contributed by atoms with Gasteiger partial charge in [0.05, 0.1) is 19.2 Å². The maximum Gasteiger partial charge on any atom is 0.251 e. The van der Waals surface area contributed by atoms with E-state index < -0.39 is 0 Å². The summed E-state index contributed by atoms with van der Waals surface area (Å²) in [5.74, 6) is 1.36. The number of nitrogens with one attached hydrogen (secondary N) is 2. The second-order valence-electron chi connectivity index (χ2n) is 5.70. The van der Waals surface area contributed by atoms with Crippen LogP contribution in [0.15, 0.2) is 40.3 Å². The summed E-state index contributed by atoms with van der Waals surface area (Å²) in [6, 6.07) is 9.42. The molecule has 2 aromatic rings. The van der Waals surface area contributed by atoms with E-state index in [0.29, 0.717) is 22.6 Å². The molecule has 0 saturated heterocycles. The van der Waals surface area contributed by atoms with Crippen LogP contribution in [-0.2, 0) is 17.0 Å². The molecule has 3 rings (SSSR count). The Morgan fingerprint density at radius 3 is 3.00 bits per heavy atom. The number of hydrogen-bond donors (Lipinski definition) is 2. The Morgan fingerprint density at radius 2 is 2.25 bits per heavy atom. The summed E-state index contributed by atoms with van der Waals surface area (Å²) >= 11 is 1.42. The van der Waals surface area contributed by atoms with Gasteiger partial charge in [0, 0.05) is 17.9 Å². The molecule has 126 valence electrons. The number of carbonyl (C=O) groups is 1. The minimum absolute atomic E-state index is 0.0839. The van der Waals surface area contributed by atoms with E-state index in [1.807, 2.05) is 24.3 Å². The maximum atomic E-state index is 11.9. The highest BCUT2D eigenvalue weighted by molar-refractivity contribution is 7.98. The molecule has 7 heteroatoms. The lowest BCUT2D eigenvalue weighted by Gasteiger charge is -2.06. The number of aromatic amines is 1. The molecule has 1 aromatic carbocycles. The summed E-state index contributed by atoms with van der Waals surface area (Å²) in [6.45, 7) is 0. The number of methoxy groups -OCH3 is 1. The lowest BCUT2D eigenvalue weighted by Crippen LogP contribution is -2.28. The van der Waals surface area contributed by atoms with Crippen LogP contribution in [0.5, 0.6) is 5.75 Å². The molecule has 1 heterocycles. The van der Waals surface area contributed by atoms with Crippen LogP contribution < -0.4 is 15.6 Å². The van der Waals surface area contributed by atoms with E-state index >= 15 is 0 Å². The van der Waals surface area contributed by atoms with E-state index in [9.17, 15) is 9.59 Å². The fourth-order valence-electron chi connectivity index (χ4n) is 2.23. The third kappa shape index (κ3) is 4.86. The van der Waals surface area contributed by atoms with Crippen LogP contribution in [0.2, 0.25) is 0 Å². The number of aromatic nitrogens is 2. The summed E-state index contributed by atoms with van der Waals surface area (Å²) in [5.41, 5.74) is 1.32. The summed E-state index contributed by atoms with van der Waals surface area (Å²) in [4.78, 5) is 30.7. The predicted molar refractivity (Wildman–Crippen MR) is 92.3 cm³/mol. The predicted octanol–water partition coefficient (Wildman–Crippen LogP) is 1.89. The van der Waals surface area contributed by atoms with Crippen LogP contribution in [0.4, 0.5) is 0 Å². The average molecular weight is 345 g/mol. The molecular formula is C17H19N3O3S.